The Kier molecular flexibility index (Phi) is 1.79. The molecule has 1 fully saturated rings. The van der Waals surface area contributed by atoms with Crippen LogP contribution in [0.5, 0.6) is 5.88 Å². The molecule has 2 rings (SSSR count). The molecule has 0 atom stereocenters. The fourth-order valence-corrected chi connectivity index (χ4v) is 0.931. The minimum Gasteiger partial charge on any atom is -0.471 e. The second-order valence-corrected chi connectivity index (χ2v) is 2.65. The van der Waals surface area contributed by atoms with Gasteiger partial charge in [-0.25, -0.2) is 4.98 Å². The first-order chi connectivity index (χ1) is 5.84. The van der Waals surface area contributed by atoms with Crippen LogP contribution < -0.4 is 15.6 Å². The van der Waals surface area contributed by atoms with Crippen molar-refractivity contribution in [1.82, 2.24) is 15.3 Å². The van der Waals surface area contributed by atoms with Crippen molar-refractivity contribution in [2.75, 3.05) is 13.1 Å². The van der Waals surface area contributed by atoms with E-state index in [0.29, 0.717) is 5.88 Å². The van der Waals surface area contributed by atoms with Gasteiger partial charge in [0, 0.05) is 13.1 Å². The maximum atomic E-state index is 10.8. The van der Waals surface area contributed by atoms with Crippen LogP contribution in [0.4, 0.5) is 0 Å². The number of ether oxygens (including phenoxy) is 1. The normalized spacial score (nSPS) is 17.0. The fourth-order valence-electron chi connectivity index (χ4n) is 0.931. The third kappa shape index (κ3) is 1.45. The van der Waals surface area contributed by atoms with Gasteiger partial charge in [-0.05, 0) is 0 Å². The van der Waals surface area contributed by atoms with E-state index in [1.54, 1.807) is 0 Å². The summed E-state index contributed by atoms with van der Waals surface area (Å²) in [6.07, 6.45) is 1.50. The Balaban J connectivity index is 2.06. The Labute approximate surface area is 68.8 Å². The number of aromatic amines is 1. The molecule has 2 heterocycles. The second kappa shape index (κ2) is 2.94. The molecule has 5 nitrogen and oxygen atoms in total. The molecule has 0 saturated carbocycles. The van der Waals surface area contributed by atoms with E-state index >= 15 is 0 Å². The Morgan fingerprint density at radius 2 is 2.42 bits per heavy atom. The third-order valence-corrected chi connectivity index (χ3v) is 1.68. The van der Waals surface area contributed by atoms with Crippen LogP contribution in [-0.2, 0) is 0 Å². The monoisotopic (exact) mass is 167 g/mol. The van der Waals surface area contributed by atoms with Crippen molar-refractivity contribution in [2.45, 2.75) is 6.10 Å². The highest BCUT2D eigenvalue weighted by molar-refractivity contribution is 5.06. The Bertz CT molecular complexity index is 318. The molecule has 0 aromatic carbocycles. The third-order valence-electron chi connectivity index (χ3n) is 1.68. The lowest BCUT2D eigenvalue weighted by Crippen LogP contribution is -2.50. The standard InChI is InChI=1S/C7H9N3O2/c11-6-1-7(10-4-9-6)12-5-2-8-3-5/h1,4-5,8H,2-3H2,(H,9,10,11). The van der Waals surface area contributed by atoms with Crippen LogP contribution in [0.3, 0.4) is 0 Å². The lowest BCUT2D eigenvalue weighted by Gasteiger charge is -2.26. The zero-order valence-corrected chi connectivity index (χ0v) is 6.41. The number of nitrogens with zero attached hydrogens (tertiary/aromatic N) is 1. The van der Waals surface area contributed by atoms with Gasteiger partial charge in [0.1, 0.15) is 6.10 Å². The number of H-pyrrole nitrogens is 1. The summed E-state index contributed by atoms with van der Waals surface area (Å²) in [5.41, 5.74) is -0.188. The van der Waals surface area contributed by atoms with Gasteiger partial charge in [0.15, 0.2) is 0 Å². The summed E-state index contributed by atoms with van der Waals surface area (Å²) >= 11 is 0. The minimum absolute atomic E-state index is 0.166. The highest BCUT2D eigenvalue weighted by atomic mass is 16.5. The average molecular weight is 167 g/mol. The first-order valence-electron chi connectivity index (χ1n) is 3.77. The summed E-state index contributed by atoms with van der Waals surface area (Å²) in [4.78, 5) is 17.1. The highest BCUT2D eigenvalue weighted by Gasteiger charge is 2.18. The molecule has 1 aromatic heterocycles. The summed E-state index contributed by atoms with van der Waals surface area (Å²) in [5.74, 6) is 0.394. The van der Waals surface area contributed by atoms with Crippen molar-refractivity contribution in [3.05, 3.63) is 22.7 Å². The zero-order valence-electron chi connectivity index (χ0n) is 6.41. The van der Waals surface area contributed by atoms with Crippen molar-refractivity contribution in [3.8, 4) is 5.88 Å². The summed E-state index contributed by atoms with van der Waals surface area (Å²) in [5, 5.41) is 3.06. The summed E-state index contributed by atoms with van der Waals surface area (Å²) < 4.78 is 5.34. The van der Waals surface area contributed by atoms with E-state index in [4.69, 9.17) is 4.74 Å². The summed E-state index contributed by atoms with van der Waals surface area (Å²) in [7, 11) is 0. The van der Waals surface area contributed by atoms with E-state index in [0.717, 1.165) is 13.1 Å². The molecule has 0 amide bonds. The van der Waals surface area contributed by atoms with Gasteiger partial charge >= 0.3 is 0 Å². The zero-order chi connectivity index (χ0) is 8.39. The van der Waals surface area contributed by atoms with Crippen LogP contribution in [-0.4, -0.2) is 29.2 Å². The van der Waals surface area contributed by atoms with Gasteiger partial charge in [-0.3, -0.25) is 4.79 Å². The van der Waals surface area contributed by atoms with E-state index in [-0.39, 0.29) is 11.7 Å². The van der Waals surface area contributed by atoms with E-state index in [1.165, 1.54) is 12.4 Å². The molecule has 0 unspecified atom stereocenters. The molecule has 0 aliphatic carbocycles. The van der Waals surface area contributed by atoms with Crippen molar-refractivity contribution in [1.29, 1.82) is 0 Å². The highest BCUT2D eigenvalue weighted by Crippen LogP contribution is 2.05. The molecule has 1 saturated heterocycles. The molecule has 0 spiro atoms. The number of rotatable bonds is 2. The Hall–Kier alpha value is -1.36. The van der Waals surface area contributed by atoms with Crippen molar-refractivity contribution in [2.24, 2.45) is 0 Å². The maximum Gasteiger partial charge on any atom is 0.254 e. The smallest absolute Gasteiger partial charge is 0.254 e. The number of aromatic nitrogens is 2. The molecular formula is C7H9N3O2. The van der Waals surface area contributed by atoms with Gasteiger partial charge in [-0.15, -0.1) is 0 Å². The summed E-state index contributed by atoms with van der Waals surface area (Å²) in [6, 6.07) is 1.35. The molecule has 2 N–H and O–H groups in total. The maximum absolute atomic E-state index is 10.8. The van der Waals surface area contributed by atoms with E-state index in [2.05, 4.69) is 15.3 Å². The van der Waals surface area contributed by atoms with Crippen LogP contribution in [0.2, 0.25) is 0 Å². The lowest BCUT2D eigenvalue weighted by molar-refractivity contribution is 0.136. The van der Waals surface area contributed by atoms with Crippen molar-refractivity contribution in [3.63, 3.8) is 0 Å². The lowest BCUT2D eigenvalue weighted by atomic mass is 10.2. The van der Waals surface area contributed by atoms with E-state index < -0.39 is 0 Å². The number of nitrogens with one attached hydrogen (secondary N) is 2. The quantitative estimate of drug-likeness (QED) is 0.600. The van der Waals surface area contributed by atoms with Crippen LogP contribution >= 0.6 is 0 Å². The fraction of sp³-hybridized carbons (Fsp3) is 0.429. The van der Waals surface area contributed by atoms with Gasteiger partial charge in [0.25, 0.3) is 5.56 Å². The van der Waals surface area contributed by atoms with Crippen molar-refractivity contribution >= 4 is 0 Å². The summed E-state index contributed by atoms with van der Waals surface area (Å²) in [6.45, 7) is 1.66. The van der Waals surface area contributed by atoms with Gasteiger partial charge in [0.05, 0.1) is 12.4 Å². The molecule has 1 aliphatic rings. The largest absolute Gasteiger partial charge is 0.471 e. The molecule has 1 aromatic rings. The van der Waals surface area contributed by atoms with Crippen LogP contribution in [0.25, 0.3) is 0 Å². The van der Waals surface area contributed by atoms with E-state index in [1.807, 2.05) is 0 Å². The molecule has 0 radical (unpaired) electrons. The van der Waals surface area contributed by atoms with Gasteiger partial charge in [-0.1, -0.05) is 0 Å². The topological polar surface area (TPSA) is 67.0 Å². The van der Waals surface area contributed by atoms with Crippen molar-refractivity contribution < 1.29 is 4.74 Å². The van der Waals surface area contributed by atoms with Crippen LogP contribution in [0.1, 0.15) is 0 Å². The molecule has 12 heavy (non-hydrogen) atoms. The predicted octanol–water partition coefficient (Wildman–Crippen LogP) is -0.879. The average Bonchev–Trinajstić information content (AvgIpc) is 1.97. The SMILES string of the molecule is O=c1cc(OC2CNC2)nc[nH]1. The molecular weight excluding hydrogens is 158 g/mol. The number of hydrogen-bond donors (Lipinski definition) is 2. The second-order valence-electron chi connectivity index (χ2n) is 2.65. The first kappa shape index (κ1) is 7.30. The molecule has 64 valence electrons. The number of hydrogen-bond acceptors (Lipinski definition) is 4. The van der Waals surface area contributed by atoms with Gasteiger partial charge in [-0.2, -0.15) is 0 Å². The van der Waals surface area contributed by atoms with E-state index in [9.17, 15) is 4.79 Å². The molecule has 5 heteroatoms. The van der Waals surface area contributed by atoms with Gasteiger partial charge < -0.3 is 15.0 Å². The first-order valence-corrected chi connectivity index (χ1v) is 3.77. The molecule has 1 aliphatic heterocycles. The van der Waals surface area contributed by atoms with Crippen LogP contribution in [0.15, 0.2) is 17.2 Å². The minimum atomic E-state index is -0.188. The Morgan fingerprint density at radius 3 is 3.00 bits per heavy atom. The van der Waals surface area contributed by atoms with Crippen LogP contribution in [0, 0.1) is 0 Å². The molecule has 0 bridgehead atoms. The predicted molar refractivity (Wildman–Crippen MR) is 42.1 cm³/mol. The Morgan fingerprint density at radius 1 is 1.58 bits per heavy atom. The van der Waals surface area contributed by atoms with Gasteiger partial charge in [0.2, 0.25) is 5.88 Å².